The second-order valence-electron chi connectivity index (χ2n) is 4.37. The van der Waals surface area contributed by atoms with Gasteiger partial charge in [-0.05, 0) is 31.6 Å². The van der Waals surface area contributed by atoms with Crippen molar-refractivity contribution in [3.05, 3.63) is 0 Å². The van der Waals surface area contributed by atoms with Crippen molar-refractivity contribution in [2.75, 3.05) is 19.8 Å². The molecule has 2 heterocycles. The zero-order valence-corrected chi connectivity index (χ0v) is 8.63. The number of ether oxygens (including phenoxy) is 1. The maximum Gasteiger partial charge on any atom is 0.223 e. The van der Waals surface area contributed by atoms with Crippen LogP contribution in [0, 0.1) is 11.8 Å². The highest BCUT2D eigenvalue weighted by Crippen LogP contribution is 2.27. The van der Waals surface area contributed by atoms with Gasteiger partial charge in [0.1, 0.15) is 0 Å². The van der Waals surface area contributed by atoms with E-state index in [0.717, 1.165) is 45.4 Å². The highest BCUT2D eigenvalue weighted by molar-refractivity contribution is 5.79. The second-order valence-corrected chi connectivity index (χ2v) is 4.37. The maximum atomic E-state index is 11.7. The van der Waals surface area contributed by atoms with Crippen molar-refractivity contribution < 1.29 is 9.53 Å². The first-order valence-electron chi connectivity index (χ1n) is 5.73. The average molecular weight is 197 g/mol. The lowest BCUT2D eigenvalue weighted by Crippen LogP contribution is -2.36. The number of rotatable bonds is 1. The van der Waals surface area contributed by atoms with Gasteiger partial charge >= 0.3 is 0 Å². The van der Waals surface area contributed by atoms with Gasteiger partial charge in [-0.2, -0.15) is 0 Å². The van der Waals surface area contributed by atoms with Crippen molar-refractivity contribution >= 4 is 5.91 Å². The maximum absolute atomic E-state index is 11.7. The van der Waals surface area contributed by atoms with E-state index in [1.807, 2.05) is 0 Å². The Hall–Kier alpha value is -0.570. The van der Waals surface area contributed by atoms with Gasteiger partial charge in [-0.25, -0.2) is 0 Å². The van der Waals surface area contributed by atoms with Crippen molar-refractivity contribution in [1.29, 1.82) is 0 Å². The van der Waals surface area contributed by atoms with Crippen molar-refractivity contribution in [3.63, 3.8) is 0 Å². The molecule has 0 aromatic heterocycles. The Kier molecular flexibility index (Phi) is 3.40. The van der Waals surface area contributed by atoms with Crippen LogP contribution in [0.3, 0.4) is 0 Å². The number of carbonyl (C=O) groups is 1. The van der Waals surface area contributed by atoms with Crippen LogP contribution in [0.15, 0.2) is 0 Å². The first-order chi connectivity index (χ1) is 6.88. The van der Waals surface area contributed by atoms with Crippen LogP contribution in [-0.2, 0) is 9.53 Å². The fourth-order valence-electron chi connectivity index (χ4n) is 2.50. The lowest BCUT2D eigenvalue weighted by Gasteiger charge is -2.28. The molecule has 3 heteroatoms. The molecule has 2 aliphatic heterocycles. The van der Waals surface area contributed by atoms with E-state index in [0.29, 0.717) is 5.92 Å². The van der Waals surface area contributed by atoms with E-state index < -0.39 is 0 Å². The monoisotopic (exact) mass is 197 g/mol. The van der Waals surface area contributed by atoms with Crippen LogP contribution in [0.1, 0.15) is 32.1 Å². The predicted octanol–water partition coefficient (Wildman–Crippen LogP) is 1.33. The minimum absolute atomic E-state index is 0.220. The number of hydrogen-bond acceptors (Lipinski definition) is 2. The summed E-state index contributed by atoms with van der Waals surface area (Å²) in [5.41, 5.74) is 0. The third-order valence-corrected chi connectivity index (χ3v) is 3.34. The molecule has 1 N–H and O–H groups in total. The van der Waals surface area contributed by atoms with Gasteiger partial charge in [0.15, 0.2) is 0 Å². The fourth-order valence-corrected chi connectivity index (χ4v) is 2.50. The Morgan fingerprint density at radius 2 is 2.14 bits per heavy atom. The molecule has 0 bridgehead atoms. The van der Waals surface area contributed by atoms with Crippen LogP contribution < -0.4 is 5.32 Å². The van der Waals surface area contributed by atoms with Crippen molar-refractivity contribution in [2.45, 2.75) is 32.1 Å². The quantitative estimate of drug-likeness (QED) is 0.688. The number of hydrogen-bond donors (Lipinski definition) is 1. The number of amides is 1. The van der Waals surface area contributed by atoms with Gasteiger partial charge in [0.2, 0.25) is 5.91 Å². The van der Waals surface area contributed by atoms with Crippen LogP contribution in [0.5, 0.6) is 0 Å². The van der Waals surface area contributed by atoms with Gasteiger partial charge in [-0.15, -0.1) is 0 Å². The fraction of sp³-hybridized carbons (Fsp3) is 0.909. The minimum Gasteiger partial charge on any atom is -0.381 e. The third-order valence-electron chi connectivity index (χ3n) is 3.34. The lowest BCUT2D eigenvalue weighted by atomic mass is 9.84. The first-order valence-corrected chi connectivity index (χ1v) is 5.73. The minimum atomic E-state index is 0.220. The van der Waals surface area contributed by atoms with Crippen LogP contribution in [-0.4, -0.2) is 25.7 Å². The van der Waals surface area contributed by atoms with Crippen LogP contribution >= 0.6 is 0 Å². The van der Waals surface area contributed by atoms with Crippen LogP contribution in [0.2, 0.25) is 0 Å². The van der Waals surface area contributed by atoms with Gasteiger partial charge in [0.05, 0.1) is 6.61 Å². The topological polar surface area (TPSA) is 38.3 Å². The molecular weight excluding hydrogens is 178 g/mol. The van der Waals surface area contributed by atoms with Crippen LogP contribution in [0.25, 0.3) is 0 Å². The number of carbonyl (C=O) groups excluding carboxylic acids is 1. The molecule has 14 heavy (non-hydrogen) atoms. The lowest BCUT2D eigenvalue weighted by molar-refractivity contribution is -0.128. The molecule has 2 atom stereocenters. The Labute approximate surface area is 85.2 Å². The van der Waals surface area contributed by atoms with Crippen molar-refractivity contribution in [2.24, 2.45) is 11.8 Å². The van der Waals surface area contributed by atoms with Gasteiger partial charge in [0.25, 0.3) is 0 Å². The summed E-state index contributed by atoms with van der Waals surface area (Å²) < 4.78 is 5.44. The molecule has 2 unspecified atom stereocenters. The van der Waals surface area contributed by atoms with E-state index in [2.05, 4.69) is 5.32 Å². The summed E-state index contributed by atoms with van der Waals surface area (Å²) in [4.78, 5) is 11.7. The Balaban J connectivity index is 1.95. The van der Waals surface area contributed by atoms with E-state index in [-0.39, 0.29) is 11.8 Å². The van der Waals surface area contributed by atoms with E-state index in [1.54, 1.807) is 0 Å². The van der Waals surface area contributed by atoms with E-state index >= 15 is 0 Å². The molecule has 3 nitrogen and oxygen atoms in total. The summed E-state index contributed by atoms with van der Waals surface area (Å²) in [5.74, 6) is 0.956. The molecule has 0 radical (unpaired) electrons. The average Bonchev–Trinajstić information content (AvgIpc) is 2.44. The van der Waals surface area contributed by atoms with Crippen molar-refractivity contribution in [1.82, 2.24) is 5.32 Å². The molecule has 2 fully saturated rings. The van der Waals surface area contributed by atoms with E-state index in [1.165, 1.54) is 6.42 Å². The van der Waals surface area contributed by atoms with Crippen LogP contribution in [0.4, 0.5) is 0 Å². The van der Waals surface area contributed by atoms with E-state index in [9.17, 15) is 4.79 Å². The smallest absolute Gasteiger partial charge is 0.223 e. The van der Waals surface area contributed by atoms with Gasteiger partial charge in [0, 0.05) is 19.1 Å². The molecular formula is C11H19NO2. The highest BCUT2D eigenvalue weighted by Gasteiger charge is 2.30. The summed E-state index contributed by atoms with van der Waals surface area (Å²) in [6, 6.07) is 0. The molecule has 0 aromatic carbocycles. The molecule has 0 saturated carbocycles. The summed E-state index contributed by atoms with van der Waals surface area (Å²) in [6.07, 6.45) is 5.65. The summed E-state index contributed by atoms with van der Waals surface area (Å²) >= 11 is 0. The zero-order valence-electron chi connectivity index (χ0n) is 8.63. The largest absolute Gasteiger partial charge is 0.381 e. The molecule has 0 aromatic rings. The molecule has 2 aliphatic rings. The molecule has 2 rings (SSSR count). The summed E-state index contributed by atoms with van der Waals surface area (Å²) in [7, 11) is 0. The molecule has 80 valence electrons. The second kappa shape index (κ2) is 4.78. The Bertz CT molecular complexity index is 199. The zero-order chi connectivity index (χ0) is 9.80. The standard InChI is InChI=1S/C11H19NO2/c13-11-10(5-1-2-6-12-11)9-4-3-7-14-8-9/h9-10H,1-8H2,(H,12,13). The van der Waals surface area contributed by atoms with Gasteiger partial charge < -0.3 is 10.1 Å². The molecule has 0 spiro atoms. The normalized spacial score (nSPS) is 34.7. The summed E-state index contributed by atoms with van der Waals surface area (Å²) in [5, 5.41) is 3.00. The predicted molar refractivity (Wildman–Crippen MR) is 53.9 cm³/mol. The Morgan fingerprint density at radius 1 is 1.21 bits per heavy atom. The van der Waals surface area contributed by atoms with Gasteiger partial charge in [-0.3, -0.25) is 4.79 Å². The van der Waals surface area contributed by atoms with Crippen molar-refractivity contribution in [3.8, 4) is 0 Å². The SMILES string of the molecule is O=C1NCCCCC1C1CCCOC1. The molecule has 0 aliphatic carbocycles. The third kappa shape index (κ3) is 2.27. The molecule has 2 saturated heterocycles. The Morgan fingerprint density at radius 3 is 2.93 bits per heavy atom. The summed E-state index contributed by atoms with van der Waals surface area (Å²) in [6.45, 7) is 2.53. The van der Waals surface area contributed by atoms with Gasteiger partial charge in [-0.1, -0.05) is 6.42 Å². The first kappa shape index (κ1) is 9.97. The molecule has 1 amide bonds. The highest BCUT2D eigenvalue weighted by atomic mass is 16.5. The van der Waals surface area contributed by atoms with E-state index in [4.69, 9.17) is 4.74 Å². The number of nitrogens with one attached hydrogen (secondary N) is 1.